The lowest BCUT2D eigenvalue weighted by atomic mass is 9.88. The first-order chi connectivity index (χ1) is 13.9. The Balaban J connectivity index is 1.37. The third kappa shape index (κ3) is 4.29. The van der Waals surface area contributed by atoms with Gasteiger partial charge in [0.15, 0.2) is 0 Å². The normalized spacial score (nSPS) is 22.2. The summed E-state index contributed by atoms with van der Waals surface area (Å²) in [5.41, 5.74) is 0.877. The van der Waals surface area contributed by atoms with Crippen LogP contribution in [0.1, 0.15) is 44.6 Å². The molecule has 156 valence electrons. The van der Waals surface area contributed by atoms with Gasteiger partial charge in [-0.25, -0.2) is 18.4 Å². The molecule has 3 heterocycles. The molecule has 0 aliphatic carbocycles. The number of hydrogen-bond acceptors (Lipinski definition) is 6. The molecule has 0 unspecified atom stereocenters. The third-order valence-electron chi connectivity index (χ3n) is 5.93. The van der Waals surface area contributed by atoms with E-state index < -0.39 is 10.0 Å². The minimum Gasteiger partial charge on any atom is -0.373 e. The van der Waals surface area contributed by atoms with Gasteiger partial charge in [-0.2, -0.15) is 4.31 Å². The topological polar surface area (TPSA) is 84.4 Å². The first kappa shape index (κ1) is 20.3. The standard InChI is InChI=1S/C21H28N4O3S/c1-16(2)17-4-6-19(7-5-17)29(26,27)25-12-8-21(9-13-25)14-18(15-28-21)24-20-22-10-3-11-23-20/h3-7,10-11,16,18H,8-9,12-15H2,1-2H3,(H,22,23,24)/t18-/m1/s1. The van der Waals surface area contributed by atoms with E-state index in [9.17, 15) is 8.42 Å². The van der Waals surface area contributed by atoms with Crippen LogP contribution in [0.5, 0.6) is 0 Å². The highest BCUT2D eigenvalue weighted by molar-refractivity contribution is 7.89. The fraction of sp³-hybridized carbons (Fsp3) is 0.524. The minimum atomic E-state index is -3.47. The maximum absolute atomic E-state index is 13.0. The molecule has 1 aromatic heterocycles. The first-order valence-corrected chi connectivity index (χ1v) is 11.6. The largest absolute Gasteiger partial charge is 0.373 e. The van der Waals surface area contributed by atoms with E-state index in [4.69, 9.17) is 4.74 Å². The van der Waals surface area contributed by atoms with Gasteiger partial charge in [0.25, 0.3) is 0 Å². The van der Waals surface area contributed by atoms with Crippen molar-refractivity contribution in [2.24, 2.45) is 0 Å². The average molecular weight is 417 g/mol. The highest BCUT2D eigenvalue weighted by Gasteiger charge is 2.45. The molecule has 0 radical (unpaired) electrons. The minimum absolute atomic E-state index is 0.143. The van der Waals surface area contributed by atoms with Gasteiger partial charge >= 0.3 is 0 Å². The van der Waals surface area contributed by atoms with Gasteiger partial charge in [0, 0.05) is 25.5 Å². The Morgan fingerprint density at radius 2 is 1.79 bits per heavy atom. The van der Waals surface area contributed by atoms with Gasteiger partial charge in [0.05, 0.1) is 23.1 Å². The van der Waals surface area contributed by atoms with E-state index in [1.807, 2.05) is 12.1 Å². The number of hydrogen-bond donors (Lipinski definition) is 1. The van der Waals surface area contributed by atoms with Gasteiger partial charge < -0.3 is 10.1 Å². The van der Waals surface area contributed by atoms with Crippen molar-refractivity contribution in [3.63, 3.8) is 0 Å². The maximum Gasteiger partial charge on any atom is 0.243 e. The number of benzene rings is 1. The molecule has 2 saturated heterocycles. The zero-order chi connectivity index (χ0) is 20.5. The van der Waals surface area contributed by atoms with Crippen LogP contribution >= 0.6 is 0 Å². The Bertz CT molecular complexity index is 924. The smallest absolute Gasteiger partial charge is 0.243 e. The summed E-state index contributed by atoms with van der Waals surface area (Å²) in [4.78, 5) is 8.78. The summed E-state index contributed by atoms with van der Waals surface area (Å²) in [6, 6.07) is 9.19. The Labute approximate surface area is 172 Å². The van der Waals surface area contributed by atoms with Crippen LogP contribution in [-0.2, 0) is 14.8 Å². The predicted molar refractivity (Wildman–Crippen MR) is 111 cm³/mol. The van der Waals surface area contributed by atoms with E-state index in [1.165, 1.54) is 0 Å². The van der Waals surface area contributed by atoms with Crippen molar-refractivity contribution in [3.8, 4) is 0 Å². The van der Waals surface area contributed by atoms with E-state index >= 15 is 0 Å². The molecule has 2 aliphatic rings. The number of sulfonamides is 1. The summed E-state index contributed by atoms with van der Waals surface area (Å²) >= 11 is 0. The number of piperidine rings is 1. The quantitative estimate of drug-likeness (QED) is 0.807. The fourth-order valence-electron chi connectivity index (χ4n) is 4.15. The zero-order valence-corrected chi connectivity index (χ0v) is 17.7. The number of anilines is 1. The number of nitrogens with one attached hydrogen (secondary N) is 1. The molecule has 1 spiro atoms. The molecule has 4 rings (SSSR count). The van der Waals surface area contributed by atoms with Gasteiger partial charge in [-0.1, -0.05) is 26.0 Å². The second-order valence-corrected chi connectivity index (χ2v) is 10.2. The van der Waals surface area contributed by atoms with Crippen LogP contribution < -0.4 is 5.32 Å². The summed E-state index contributed by atoms with van der Waals surface area (Å²) in [6.07, 6.45) is 5.65. The highest BCUT2D eigenvalue weighted by atomic mass is 32.2. The highest BCUT2D eigenvalue weighted by Crippen LogP contribution is 2.38. The molecule has 1 aromatic carbocycles. The van der Waals surface area contributed by atoms with Crippen LogP contribution in [0.2, 0.25) is 0 Å². The van der Waals surface area contributed by atoms with E-state index in [-0.39, 0.29) is 11.6 Å². The van der Waals surface area contributed by atoms with Crippen molar-refractivity contribution < 1.29 is 13.2 Å². The third-order valence-corrected chi connectivity index (χ3v) is 7.84. The van der Waals surface area contributed by atoms with E-state index in [1.54, 1.807) is 34.9 Å². The zero-order valence-electron chi connectivity index (χ0n) is 16.9. The Hall–Kier alpha value is -2.03. The van der Waals surface area contributed by atoms with Crippen LogP contribution in [0.4, 0.5) is 5.95 Å². The van der Waals surface area contributed by atoms with E-state index in [0.717, 1.165) is 12.0 Å². The molecule has 0 saturated carbocycles. The average Bonchev–Trinajstić information content (AvgIpc) is 3.11. The lowest BCUT2D eigenvalue weighted by molar-refractivity contribution is -0.0310. The molecule has 2 aromatic rings. The fourth-order valence-corrected chi connectivity index (χ4v) is 5.59. The Kier molecular flexibility index (Phi) is 5.59. The Morgan fingerprint density at radius 1 is 1.14 bits per heavy atom. The molecular formula is C21H28N4O3S. The first-order valence-electron chi connectivity index (χ1n) is 10.2. The molecule has 0 amide bonds. The molecule has 8 heteroatoms. The van der Waals surface area contributed by atoms with Crippen molar-refractivity contribution in [3.05, 3.63) is 48.3 Å². The van der Waals surface area contributed by atoms with Gasteiger partial charge in [-0.3, -0.25) is 0 Å². The molecule has 7 nitrogen and oxygen atoms in total. The van der Waals surface area contributed by atoms with Gasteiger partial charge in [0.2, 0.25) is 16.0 Å². The molecule has 29 heavy (non-hydrogen) atoms. The SMILES string of the molecule is CC(C)c1ccc(S(=O)(=O)N2CCC3(CC2)C[C@@H](Nc2ncccn2)CO3)cc1. The van der Waals surface area contributed by atoms with Crippen molar-refractivity contribution in [1.82, 2.24) is 14.3 Å². The van der Waals surface area contributed by atoms with Crippen molar-refractivity contribution in [1.29, 1.82) is 0 Å². The Morgan fingerprint density at radius 3 is 2.41 bits per heavy atom. The molecule has 1 atom stereocenters. The lowest BCUT2D eigenvalue weighted by Crippen LogP contribution is -2.46. The molecule has 2 fully saturated rings. The van der Waals surface area contributed by atoms with Crippen LogP contribution in [0, 0.1) is 0 Å². The van der Waals surface area contributed by atoms with Gasteiger partial charge in [0.1, 0.15) is 0 Å². The number of rotatable bonds is 5. The van der Waals surface area contributed by atoms with Gasteiger partial charge in [-0.15, -0.1) is 0 Å². The molecular weight excluding hydrogens is 388 g/mol. The van der Waals surface area contributed by atoms with E-state index in [0.29, 0.717) is 49.3 Å². The van der Waals surface area contributed by atoms with Crippen LogP contribution in [-0.4, -0.2) is 54.0 Å². The van der Waals surface area contributed by atoms with Crippen molar-refractivity contribution in [2.75, 3.05) is 25.0 Å². The predicted octanol–water partition coefficient (Wildman–Crippen LogP) is 3.02. The second kappa shape index (κ2) is 8.01. The van der Waals surface area contributed by atoms with Crippen LogP contribution in [0.3, 0.4) is 0 Å². The maximum atomic E-state index is 13.0. The van der Waals surface area contributed by atoms with E-state index in [2.05, 4.69) is 29.1 Å². The number of nitrogens with zero attached hydrogens (tertiary/aromatic N) is 3. The molecule has 0 bridgehead atoms. The summed E-state index contributed by atoms with van der Waals surface area (Å²) in [5.74, 6) is 0.979. The molecule has 1 N–H and O–H groups in total. The van der Waals surface area contributed by atoms with Crippen molar-refractivity contribution >= 4 is 16.0 Å². The summed E-state index contributed by atoms with van der Waals surface area (Å²) in [7, 11) is -3.47. The van der Waals surface area contributed by atoms with Gasteiger partial charge in [-0.05, 0) is 48.9 Å². The second-order valence-electron chi connectivity index (χ2n) is 8.24. The van der Waals surface area contributed by atoms with Crippen molar-refractivity contribution in [2.45, 2.75) is 55.6 Å². The summed E-state index contributed by atoms with van der Waals surface area (Å²) < 4.78 is 33.8. The molecule has 2 aliphatic heterocycles. The monoisotopic (exact) mass is 416 g/mol. The lowest BCUT2D eigenvalue weighted by Gasteiger charge is -2.38. The summed E-state index contributed by atoms with van der Waals surface area (Å²) in [6.45, 7) is 5.73. The number of aromatic nitrogens is 2. The van der Waals surface area contributed by atoms with Crippen LogP contribution in [0.25, 0.3) is 0 Å². The summed E-state index contributed by atoms with van der Waals surface area (Å²) in [5, 5.41) is 3.31. The van der Waals surface area contributed by atoms with Crippen LogP contribution in [0.15, 0.2) is 47.6 Å². The number of ether oxygens (including phenoxy) is 1.